The number of nitrogens with zero attached hydrogens (tertiary/aromatic N) is 7. The number of carbonyl (C=O) groups excluding carboxylic acids is 2. The summed E-state index contributed by atoms with van der Waals surface area (Å²) in [6.07, 6.45) is 7.09. The van der Waals surface area contributed by atoms with Crippen molar-refractivity contribution >= 4 is 40.1 Å². The molecule has 0 bridgehead atoms. The van der Waals surface area contributed by atoms with Crippen LogP contribution in [0.5, 0.6) is 0 Å². The Morgan fingerprint density at radius 1 is 1.04 bits per heavy atom. The summed E-state index contributed by atoms with van der Waals surface area (Å²) in [5.41, 5.74) is 4.99. The van der Waals surface area contributed by atoms with Crippen molar-refractivity contribution < 1.29 is 9.59 Å². The summed E-state index contributed by atoms with van der Waals surface area (Å²) in [6.45, 7) is 21.1. The fourth-order valence-corrected chi connectivity index (χ4v) is 8.19. The lowest BCUT2D eigenvalue weighted by Crippen LogP contribution is -2.54. The fraction of sp³-hybridized carbons (Fsp3) is 0.588. The van der Waals surface area contributed by atoms with E-state index in [0.717, 1.165) is 109 Å². The third kappa shape index (κ3) is 5.99. The highest BCUT2D eigenvalue weighted by Gasteiger charge is 2.40. The highest BCUT2D eigenvalue weighted by molar-refractivity contribution is 6.36. The summed E-state index contributed by atoms with van der Waals surface area (Å²) in [5, 5.41) is 14.7. The number of amides is 2. The molecule has 2 amide bonds. The van der Waals surface area contributed by atoms with E-state index < -0.39 is 0 Å². The summed E-state index contributed by atoms with van der Waals surface area (Å²) >= 11 is 7.16. The lowest BCUT2D eigenvalue weighted by atomic mass is 9.81. The predicted octanol–water partition coefficient (Wildman–Crippen LogP) is 5.21. The number of piperazine rings is 1. The van der Waals surface area contributed by atoms with Crippen LogP contribution in [0.15, 0.2) is 24.9 Å². The molecule has 0 spiro atoms. The first-order valence-corrected chi connectivity index (χ1v) is 16.7. The summed E-state index contributed by atoms with van der Waals surface area (Å²) in [7, 11) is 0. The van der Waals surface area contributed by atoms with E-state index in [0.29, 0.717) is 19.0 Å². The van der Waals surface area contributed by atoms with Gasteiger partial charge >= 0.3 is 0 Å². The van der Waals surface area contributed by atoms with Crippen LogP contribution < -0.4 is 4.90 Å². The Morgan fingerprint density at radius 3 is 2.40 bits per heavy atom. The molecule has 3 fully saturated rings. The molecule has 3 aliphatic rings. The van der Waals surface area contributed by atoms with Crippen LogP contribution in [-0.4, -0.2) is 104 Å². The molecule has 6 rings (SSSR count). The molecule has 0 radical (unpaired) electrons. The van der Waals surface area contributed by atoms with E-state index in [1.807, 2.05) is 22.9 Å². The number of hydrogen-bond donors (Lipinski definition) is 1. The van der Waals surface area contributed by atoms with Crippen molar-refractivity contribution in [3.05, 3.63) is 41.2 Å². The number of aromatic nitrogens is 4. The standard InChI is InChI=1S/C34H47ClN8O2/c1-7-29(45)41-11-9-26(10-12-41)43-23(3)30(31-27-20-36-37-28(27)18-22(2)32(31)35)33(38-43)42-13-8-25(19-34(42,5)6)21-39-14-16-40(17-15-39)24(4)44/h7,18,20,25-26H,1,8-17,19,21H2,2-6H3,(H,36,37)/t25-/m1/s1. The highest BCUT2D eigenvalue weighted by atomic mass is 35.5. The van der Waals surface area contributed by atoms with Gasteiger partial charge in [-0.2, -0.15) is 10.2 Å². The molecule has 45 heavy (non-hydrogen) atoms. The molecule has 0 saturated carbocycles. The fourth-order valence-electron chi connectivity index (χ4n) is 7.94. The second-order valence-corrected chi connectivity index (χ2v) is 14.2. The summed E-state index contributed by atoms with van der Waals surface area (Å²) in [5.74, 6) is 1.71. The zero-order valence-electron chi connectivity index (χ0n) is 27.4. The zero-order valence-corrected chi connectivity index (χ0v) is 28.2. The molecule has 11 heteroatoms. The molecule has 242 valence electrons. The summed E-state index contributed by atoms with van der Waals surface area (Å²) in [4.78, 5) is 33.0. The van der Waals surface area contributed by atoms with Crippen LogP contribution in [0.25, 0.3) is 22.0 Å². The van der Waals surface area contributed by atoms with E-state index >= 15 is 0 Å². The number of hydrogen-bond acceptors (Lipinski definition) is 6. The largest absolute Gasteiger partial charge is 0.349 e. The minimum Gasteiger partial charge on any atom is -0.349 e. The Labute approximate surface area is 271 Å². The number of halogens is 1. The third-order valence-corrected chi connectivity index (χ3v) is 10.9. The molecular weight excluding hydrogens is 588 g/mol. The minimum absolute atomic E-state index is 0.00809. The molecule has 1 atom stereocenters. The van der Waals surface area contributed by atoms with Crippen LogP contribution >= 0.6 is 11.6 Å². The van der Waals surface area contributed by atoms with Gasteiger partial charge in [0, 0.05) is 87.0 Å². The van der Waals surface area contributed by atoms with Crippen molar-refractivity contribution in [1.29, 1.82) is 0 Å². The summed E-state index contributed by atoms with van der Waals surface area (Å²) < 4.78 is 2.21. The number of piperidine rings is 2. The monoisotopic (exact) mass is 634 g/mol. The number of anilines is 1. The van der Waals surface area contributed by atoms with Crippen LogP contribution in [0.4, 0.5) is 5.82 Å². The number of likely N-dealkylation sites (tertiary alicyclic amines) is 1. The number of fused-ring (bicyclic) bond motifs is 1. The van der Waals surface area contributed by atoms with E-state index in [1.165, 1.54) is 6.08 Å². The lowest BCUT2D eigenvalue weighted by Gasteiger charge is -2.48. The van der Waals surface area contributed by atoms with Crippen LogP contribution in [0.3, 0.4) is 0 Å². The number of nitrogens with one attached hydrogen (secondary N) is 1. The molecule has 5 heterocycles. The van der Waals surface area contributed by atoms with E-state index in [2.05, 4.69) is 58.1 Å². The average molecular weight is 635 g/mol. The van der Waals surface area contributed by atoms with Crippen molar-refractivity contribution in [3.8, 4) is 11.1 Å². The maximum atomic E-state index is 12.3. The van der Waals surface area contributed by atoms with Gasteiger partial charge in [-0.3, -0.25) is 24.3 Å². The number of rotatable bonds is 6. The average Bonchev–Trinajstić information content (AvgIpc) is 3.61. The van der Waals surface area contributed by atoms with Gasteiger partial charge in [-0.15, -0.1) is 0 Å². The van der Waals surface area contributed by atoms with Crippen molar-refractivity contribution in [2.45, 2.75) is 71.9 Å². The molecular formula is C34H47ClN8O2. The molecule has 10 nitrogen and oxygen atoms in total. The summed E-state index contributed by atoms with van der Waals surface area (Å²) in [6, 6.07) is 2.25. The molecule has 1 N–H and O–H groups in total. The smallest absolute Gasteiger partial charge is 0.245 e. The molecule has 3 aliphatic heterocycles. The predicted molar refractivity (Wildman–Crippen MR) is 180 cm³/mol. The van der Waals surface area contributed by atoms with Crippen molar-refractivity contribution in [1.82, 2.24) is 34.7 Å². The van der Waals surface area contributed by atoms with Gasteiger partial charge in [-0.05, 0) is 77.0 Å². The van der Waals surface area contributed by atoms with Gasteiger partial charge in [0.2, 0.25) is 11.8 Å². The third-order valence-electron chi connectivity index (χ3n) is 10.4. The normalized spacial score (nSPS) is 21.5. The number of H-pyrrole nitrogens is 1. The quantitative estimate of drug-likeness (QED) is 0.375. The molecule has 0 unspecified atom stereocenters. The van der Waals surface area contributed by atoms with E-state index in [1.54, 1.807) is 6.92 Å². The SMILES string of the molecule is C=CC(=O)N1CCC(n2nc(N3CC[C@@H](CN4CCN(C(C)=O)CC4)CC3(C)C)c(-c3c(Cl)c(C)cc4[nH]ncc34)c2C)CC1. The van der Waals surface area contributed by atoms with Crippen molar-refractivity contribution in [3.63, 3.8) is 0 Å². The maximum Gasteiger partial charge on any atom is 0.245 e. The number of aromatic amines is 1. The van der Waals surface area contributed by atoms with Gasteiger partial charge in [0.1, 0.15) is 0 Å². The Morgan fingerprint density at radius 2 is 1.76 bits per heavy atom. The highest BCUT2D eigenvalue weighted by Crippen LogP contribution is 2.47. The second-order valence-electron chi connectivity index (χ2n) is 13.8. The van der Waals surface area contributed by atoms with Gasteiger partial charge in [-0.25, -0.2) is 0 Å². The van der Waals surface area contributed by atoms with Crippen molar-refractivity contribution in [2.75, 3.05) is 57.3 Å². The van der Waals surface area contributed by atoms with Crippen LogP contribution in [0.2, 0.25) is 5.02 Å². The van der Waals surface area contributed by atoms with Gasteiger partial charge in [0.25, 0.3) is 0 Å². The van der Waals surface area contributed by atoms with Crippen LogP contribution in [0.1, 0.15) is 63.8 Å². The Balaban J connectivity index is 1.33. The maximum absolute atomic E-state index is 12.3. The molecule has 3 aromatic rings. The molecule has 1 aromatic carbocycles. The van der Waals surface area contributed by atoms with Gasteiger partial charge < -0.3 is 14.7 Å². The first-order chi connectivity index (χ1) is 21.5. The van der Waals surface area contributed by atoms with E-state index in [4.69, 9.17) is 16.7 Å². The number of benzene rings is 1. The molecule has 0 aliphatic carbocycles. The number of aryl methyl sites for hydroxylation is 1. The van der Waals surface area contributed by atoms with E-state index in [9.17, 15) is 9.59 Å². The van der Waals surface area contributed by atoms with Gasteiger partial charge in [0.05, 0.1) is 22.8 Å². The molecule has 3 saturated heterocycles. The Hall–Kier alpha value is -3.37. The Kier molecular flexibility index (Phi) is 8.73. The molecule has 2 aromatic heterocycles. The minimum atomic E-state index is -0.129. The van der Waals surface area contributed by atoms with Crippen molar-refractivity contribution in [2.24, 2.45) is 5.92 Å². The second kappa shape index (κ2) is 12.4. The first-order valence-electron chi connectivity index (χ1n) is 16.4. The van der Waals surface area contributed by atoms with Crippen LogP contribution in [0, 0.1) is 19.8 Å². The van der Waals surface area contributed by atoms with Gasteiger partial charge in [-0.1, -0.05) is 18.2 Å². The topological polar surface area (TPSA) is 93.6 Å². The van der Waals surface area contributed by atoms with Gasteiger partial charge in [0.15, 0.2) is 5.82 Å². The Bertz CT molecular complexity index is 1590. The first kappa shape index (κ1) is 31.6. The zero-order chi connectivity index (χ0) is 32.0. The van der Waals surface area contributed by atoms with E-state index in [-0.39, 0.29) is 23.4 Å². The lowest BCUT2D eigenvalue weighted by molar-refractivity contribution is -0.130. The number of carbonyl (C=O) groups is 2. The van der Waals surface area contributed by atoms with Crippen LogP contribution in [-0.2, 0) is 9.59 Å².